The number of nitro benzene ring substituents is 1. The molecule has 0 aromatic heterocycles. The number of non-ortho nitro benzene ring substituents is 1. The number of nitrogens with zero attached hydrogens (tertiary/aromatic N) is 2. The van der Waals surface area contributed by atoms with Gasteiger partial charge in [0.1, 0.15) is 0 Å². The fourth-order valence-corrected chi connectivity index (χ4v) is 3.67. The smallest absolute Gasteiger partial charge is 0.269 e. The first-order valence-electron chi connectivity index (χ1n) is 8.87. The Kier molecular flexibility index (Phi) is 5.52. The molecule has 2 N–H and O–H groups in total. The second kappa shape index (κ2) is 8.25. The quantitative estimate of drug-likeness (QED) is 0.390. The Labute approximate surface area is 185 Å². The van der Waals surface area contributed by atoms with Crippen LogP contribution in [0.4, 0.5) is 17.1 Å². The van der Waals surface area contributed by atoms with Crippen LogP contribution in [0.15, 0.2) is 76.2 Å². The van der Waals surface area contributed by atoms with E-state index < -0.39 is 11.1 Å². The Bertz CT molecular complexity index is 1180. The summed E-state index contributed by atoms with van der Waals surface area (Å²) in [5.74, 6) is -0.362. The summed E-state index contributed by atoms with van der Waals surface area (Å²) in [7, 11) is 0. The average molecular weight is 486 g/mol. The predicted molar refractivity (Wildman–Crippen MR) is 120 cm³/mol. The SMILES string of the molecule is O=C1Nc2ccc(Br)cc2C(c2ccccc2Cl)=NC1Nc1ccc([N+](=O)[O-])cc1. The van der Waals surface area contributed by atoms with E-state index in [1.807, 2.05) is 30.3 Å². The number of amides is 1. The molecule has 9 heteroatoms. The monoisotopic (exact) mass is 484 g/mol. The molecule has 0 bridgehead atoms. The number of carbonyl (C=O) groups excluding carboxylic acids is 1. The lowest BCUT2D eigenvalue weighted by Crippen LogP contribution is -2.32. The summed E-state index contributed by atoms with van der Waals surface area (Å²) in [6.07, 6.45) is -0.969. The van der Waals surface area contributed by atoms with Crippen molar-refractivity contribution >= 4 is 56.2 Å². The maximum atomic E-state index is 12.9. The number of anilines is 2. The summed E-state index contributed by atoms with van der Waals surface area (Å²) >= 11 is 9.89. The van der Waals surface area contributed by atoms with Crippen LogP contribution >= 0.6 is 27.5 Å². The molecule has 7 nitrogen and oxygen atoms in total. The van der Waals surface area contributed by atoms with Crippen molar-refractivity contribution in [1.29, 1.82) is 0 Å². The van der Waals surface area contributed by atoms with E-state index in [-0.39, 0.29) is 11.6 Å². The van der Waals surface area contributed by atoms with Gasteiger partial charge in [0.05, 0.1) is 16.3 Å². The van der Waals surface area contributed by atoms with Gasteiger partial charge in [0.15, 0.2) is 6.17 Å². The normalized spacial score (nSPS) is 15.5. The molecule has 0 saturated heterocycles. The number of nitro groups is 1. The number of aliphatic imine (C=N–C) groups is 1. The molecule has 1 aliphatic heterocycles. The maximum Gasteiger partial charge on any atom is 0.269 e. The molecular weight excluding hydrogens is 472 g/mol. The van der Waals surface area contributed by atoms with Gasteiger partial charge in [-0.2, -0.15) is 0 Å². The molecule has 0 saturated carbocycles. The van der Waals surface area contributed by atoms with Gasteiger partial charge in [-0.15, -0.1) is 0 Å². The van der Waals surface area contributed by atoms with Crippen LogP contribution < -0.4 is 10.6 Å². The largest absolute Gasteiger partial charge is 0.356 e. The highest BCUT2D eigenvalue weighted by atomic mass is 79.9. The van der Waals surface area contributed by atoms with Crippen LogP contribution in [0, 0.1) is 10.1 Å². The van der Waals surface area contributed by atoms with E-state index in [0.717, 1.165) is 10.0 Å². The van der Waals surface area contributed by atoms with E-state index in [9.17, 15) is 14.9 Å². The fourth-order valence-electron chi connectivity index (χ4n) is 3.08. The number of rotatable bonds is 4. The fraction of sp³-hybridized carbons (Fsp3) is 0.0476. The Morgan fingerprint density at radius 2 is 1.80 bits per heavy atom. The standard InChI is InChI=1S/C21H14BrClN4O3/c22-12-5-10-18-16(11-12)19(15-3-1-2-4-17(15)23)26-20(21(28)25-18)24-13-6-8-14(9-7-13)27(29)30/h1-11,20,24H,(H,25,28). The van der Waals surface area contributed by atoms with Gasteiger partial charge in [-0.05, 0) is 36.4 Å². The highest BCUT2D eigenvalue weighted by molar-refractivity contribution is 9.10. The zero-order valence-corrected chi connectivity index (χ0v) is 17.6. The molecule has 1 atom stereocenters. The van der Waals surface area contributed by atoms with Gasteiger partial charge in [-0.3, -0.25) is 14.9 Å². The summed E-state index contributed by atoms with van der Waals surface area (Å²) in [6, 6.07) is 18.5. The van der Waals surface area contributed by atoms with Gasteiger partial charge in [-0.1, -0.05) is 45.7 Å². The molecule has 0 radical (unpaired) electrons. The van der Waals surface area contributed by atoms with Crippen molar-refractivity contribution in [2.45, 2.75) is 6.17 Å². The van der Waals surface area contributed by atoms with E-state index in [2.05, 4.69) is 31.6 Å². The third kappa shape index (κ3) is 4.05. The third-order valence-electron chi connectivity index (χ3n) is 4.51. The number of carbonyl (C=O) groups is 1. The van der Waals surface area contributed by atoms with Gasteiger partial charge >= 0.3 is 0 Å². The summed E-state index contributed by atoms with van der Waals surface area (Å²) < 4.78 is 0.831. The van der Waals surface area contributed by atoms with Crippen molar-refractivity contribution in [3.63, 3.8) is 0 Å². The Morgan fingerprint density at radius 3 is 2.50 bits per heavy atom. The van der Waals surface area contributed by atoms with E-state index >= 15 is 0 Å². The highest BCUT2D eigenvalue weighted by Gasteiger charge is 2.27. The molecule has 1 unspecified atom stereocenters. The second-order valence-electron chi connectivity index (χ2n) is 6.49. The molecule has 3 aromatic carbocycles. The molecule has 4 rings (SSSR count). The van der Waals surface area contributed by atoms with Gasteiger partial charge in [0.25, 0.3) is 11.6 Å². The van der Waals surface area contributed by atoms with E-state index in [0.29, 0.717) is 27.7 Å². The summed E-state index contributed by atoms with van der Waals surface area (Å²) in [5, 5.41) is 17.3. The first-order chi connectivity index (χ1) is 14.4. The topological polar surface area (TPSA) is 96.6 Å². The summed E-state index contributed by atoms with van der Waals surface area (Å²) in [5.41, 5.74) is 3.05. The van der Waals surface area contributed by atoms with Crippen molar-refractivity contribution in [1.82, 2.24) is 0 Å². The summed E-state index contributed by atoms with van der Waals surface area (Å²) in [4.78, 5) is 27.9. The minimum atomic E-state index is -0.969. The number of nitrogens with one attached hydrogen (secondary N) is 2. The zero-order valence-electron chi connectivity index (χ0n) is 15.3. The van der Waals surface area contributed by atoms with Crippen LogP contribution in [0.25, 0.3) is 0 Å². The van der Waals surface area contributed by atoms with Gasteiger partial charge in [0, 0.05) is 38.4 Å². The number of benzodiazepines with no additional fused rings is 1. The Hall–Kier alpha value is -3.23. The van der Waals surface area contributed by atoms with Crippen LogP contribution in [0.5, 0.6) is 0 Å². The summed E-state index contributed by atoms with van der Waals surface area (Å²) in [6.45, 7) is 0. The van der Waals surface area contributed by atoms with Crippen molar-refractivity contribution in [2.75, 3.05) is 10.6 Å². The first kappa shape index (κ1) is 20.1. The molecule has 1 heterocycles. The zero-order chi connectivity index (χ0) is 21.3. The number of benzene rings is 3. The predicted octanol–water partition coefficient (Wildman–Crippen LogP) is 5.24. The van der Waals surface area contributed by atoms with Gasteiger partial charge < -0.3 is 10.6 Å². The lowest BCUT2D eigenvalue weighted by Gasteiger charge is -2.14. The number of halogens is 2. The van der Waals surface area contributed by atoms with Gasteiger partial charge in [-0.25, -0.2) is 4.99 Å². The van der Waals surface area contributed by atoms with E-state index in [4.69, 9.17) is 11.6 Å². The number of fused-ring (bicyclic) bond motifs is 1. The van der Waals surface area contributed by atoms with Crippen LogP contribution in [0.2, 0.25) is 5.02 Å². The Morgan fingerprint density at radius 1 is 1.07 bits per heavy atom. The molecule has 30 heavy (non-hydrogen) atoms. The first-order valence-corrected chi connectivity index (χ1v) is 10.0. The molecular formula is C21H14BrClN4O3. The molecule has 3 aromatic rings. The molecule has 1 aliphatic rings. The highest BCUT2D eigenvalue weighted by Crippen LogP contribution is 2.30. The van der Waals surface area contributed by atoms with E-state index in [1.54, 1.807) is 12.1 Å². The van der Waals surface area contributed by atoms with Crippen molar-refractivity contribution in [3.8, 4) is 0 Å². The molecule has 150 valence electrons. The van der Waals surface area contributed by atoms with Gasteiger partial charge in [0.2, 0.25) is 0 Å². The van der Waals surface area contributed by atoms with Crippen LogP contribution in [0.3, 0.4) is 0 Å². The maximum absolute atomic E-state index is 12.9. The second-order valence-corrected chi connectivity index (χ2v) is 7.81. The van der Waals surface area contributed by atoms with Crippen molar-refractivity contribution < 1.29 is 9.72 Å². The minimum absolute atomic E-state index is 0.0385. The number of hydrogen-bond donors (Lipinski definition) is 2. The lowest BCUT2D eigenvalue weighted by molar-refractivity contribution is -0.384. The Balaban J connectivity index is 1.79. The van der Waals surface area contributed by atoms with Crippen molar-refractivity contribution in [2.24, 2.45) is 4.99 Å². The van der Waals surface area contributed by atoms with E-state index in [1.165, 1.54) is 24.3 Å². The number of hydrogen-bond acceptors (Lipinski definition) is 5. The molecule has 0 aliphatic carbocycles. The van der Waals surface area contributed by atoms with Crippen LogP contribution in [0.1, 0.15) is 11.1 Å². The third-order valence-corrected chi connectivity index (χ3v) is 5.33. The molecule has 1 amide bonds. The van der Waals surface area contributed by atoms with Crippen LogP contribution in [-0.4, -0.2) is 22.7 Å². The lowest BCUT2D eigenvalue weighted by atomic mass is 10.0. The molecule has 0 spiro atoms. The molecule has 0 fully saturated rings. The van der Waals surface area contributed by atoms with Crippen molar-refractivity contribution in [3.05, 3.63) is 97.5 Å². The van der Waals surface area contributed by atoms with Crippen LogP contribution in [-0.2, 0) is 4.79 Å². The minimum Gasteiger partial charge on any atom is -0.356 e. The average Bonchev–Trinajstić information content (AvgIpc) is 2.85.